The van der Waals surface area contributed by atoms with Gasteiger partial charge in [0, 0.05) is 5.57 Å². The highest BCUT2D eigenvalue weighted by atomic mass is 14.4. The molecule has 0 aliphatic heterocycles. The van der Waals surface area contributed by atoms with E-state index in [1.54, 1.807) is 0 Å². The SMILES string of the molecule is CC1=C(C)C(C)C(C#N)C(C#N)=C1. The molecule has 2 atom stereocenters. The lowest BCUT2D eigenvalue weighted by Gasteiger charge is -2.23. The molecule has 2 nitrogen and oxygen atoms in total. The Morgan fingerprint density at radius 2 is 1.92 bits per heavy atom. The van der Waals surface area contributed by atoms with Crippen LogP contribution in [0.3, 0.4) is 0 Å². The maximum absolute atomic E-state index is 8.90. The van der Waals surface area contributed by atoms with Gasteiger partial charge in [0.25, 0.3) is 0 Å². The molecule has 0 aromatic rings. The van der Waals surface area contributed by atoms with E-state index in [0.717, 1.165) is 5.57 Å². The third kappa shape index (κ3) is 1.48. The molecule has 0 radical (unpaired) electrons. The van der Waals surface area contributed by atoms with Crippen LogP contribution in [0.2, 0.25) is 0 Å². The van der Waals surface area contributed by atoms with Gasteiger partial charge in [0.1, 0.15) is 0 Å². The minimum atomic E-state index is -0.256. The first kappa shape index (κ1) is 9.55. The van der Waals surface area contributed by atoms with Crippen LogP contribution >= 0.6 is 0 Å². The number of hydrogen-bond donors (Lipinski definition) is 0. The molecule has 13 heavy (non-hydrogen) atoms. The van der Waals surface area contributed by atoms with E-state index >= 15 is 0 Å². The Labute approximate surface area is 78.8 Å². The standard InChI is InChI=1S/C11H12N2/c1-7-4-10(5-12)11(6-13)9(3)8(7)2/h4,9,11H,1-3H3. The summed E-state index contributed by atoms with van der Waals surface area (Å²) >= 11 is 0. The lowest BCUT2D eigenvalue weighted by Crippen LogP contribution is -2.17. The van der Waals surface area contributed by atoms with Gasteiger partial charge in [-0.05, 0) is 25.8 Å². The molecule has 0 saturated heterocycles. The zero-order valence-electron chi connectivity index (χ0n) is 8.13. The lowest BCUT2D eigenvalue weighted by molar-refractivity contribution is 0.559. The van der Waals surface area contributed by atoms with Crippen molar-refractivity contribution >= 4 is 0 Å². The molecule has 0 spiro atoms. The van der Waals surface area contributed by atoms with Crippen LogP contribution in [0.4, 0.5) is 0 Å². The molecule has 0 heterocycles. The van der Waals surface area contributed by atoms with Crippen LogP contribution in [-0.4, -0.2) is 0 Å². The molecular weight excluding hydrogens is 160 g/mol. The van der Waals surface area contributed by atoms with Gasteiger partial charge in [-0.25, -0.2) is 0 Å². The number of nitriles is 2. The molecule has 0 aromatic heterocycles. The molecule has 0 aromatic carbocycles. The normalized spacial score (nSPS) is 27.6. The first-order valence-corrected chi connectivity index (χ1v) is 4.30. The third-order valence-corrected chi connectivity index (χ3v) is 2.78. The Hall–Kier alpha value is -1.54. The molecule has 2 unspecified atom stereocenters. The van der Waals surface area contributed by atoms with E-state index < -0.39 is 0 Å². The molecule has 0 saturated carbocycles. The molecule has 66 valence electrons. The average molecular weight is 172 g/mol. The molecule has 0 bridgehead atoms. The summed E-state index contributed by atoms with van der Waals surface area (Å²) in [6.45, 7) is 6.00. The Kier molecular flexibility index (Phi) is 2.54. The molecule has 0 amide bonds. The summed E-state index contributed by atoms with van der Waals surface area (Å²) in [5, 5.41) is 17.7. The second kappa shape index (κ2) is 3.46. The summed E-state index contributed by atoms with van der Waals surface area (Å²) in [5.41, 5.74) is 2.93. The lowest BCUT2D eigenvalue weighted by atomic mass is 9.78. The van der Waals surface area contributed by atoms with E-state index in [1.165, 1.54) is 5.57 Å². The van der Waals surface area contributed by atoms with Gasteiger partial charge in [0.2, 0.25) is 0 Å². The Bertz CT molecular complexity index is 361. The van der Waals surface area contributed by atoms with Crippen LogP contribution in [0, 0.1) is 34.5 Å². The maximum atomic E-state index is 8.90. The maximum Gasteiger partial charge on any atom is 0.0961 e. The number of hydrogen-bond acceptors (Lipinski definition) is 2. The second-order valence-corrected chi connectivity index (χ2v) is 3.47. The van der Waals surface area contributed by atoms with Crippen LogP contribution in [0.5, 0.6) is 0 Å². The average Bonchev–Trinajstić information content (AvgIpc) is 2.13. The first-order valence-electron chi connectivity index (χ1n) is 4.30. The Morgan fingerprint density at radius 1 is 1.31 bits per heavy atom. The van der Waals surface area contributed by atoms with Gasteiger partial charge in [-0.2, -0.15) is 10.5 Å². The predicted octanol–water partition coefficient (Wildman–Crippen LogP) is 2.56. The van der Waals surface area contributed by atoms with E-state index in [9.17, 15) is 0 Å². The van der Waals surface area contributed by atoms with Crippen LogP contribution in [0.15, 0.2) is 22.8 Å². The van der Waals surface area contributed by atoms with Gasteiger partial charge in [-0.15, -0.1) is 0 Å². The molecule has 1 rings (SSSR count). The van der Waals surface area contributed by atoms with Gasteiger partial charge in [-0.3, -0.25) is 0 Å². The Balaban J connectivity index is 3.19. The number of rotatable bonds is 0. The van der Waals surface area contributed by atoms with Crippen molar-refractivity contribution in [2.24, 2.45) is 11.8 Å². The summed E-state index contributed by atoms with van der Waals surface area (Å²) in [6, 6.07) is 4.27. The fourth-order valence-corrected chi connectivity index (χ4v) is 1.60. The van der Waals surface area contributed by atoms with Gasteiger partial charge < -0.3 is 0 Å². The topological polar surface area (TPSA) is 47.6 Å². The highest BCUT2D eigenvalue weighted by Gasteiger charge is 2.26. The summed E-state index contributed by atoms with van der Waals surface area (Å²) in [6.07, 6.45) is 1.82. The van der Waals surface area contributed by atoms with Gasteiger partial charge in [0.05, 0.1) is 18.1 Å². The quantitative estimate of drug-likeness (QED) is 0.563. The van der Waals surface area contributed by atoms with Gasteiger partial charge >= 0.3 is 0 Å². The predicted molar refractivity (Wildman–Crippen MR) is 50.3 cm³/mol. The molecule has 2 heteroatoms. The van der Waals surface area contributed by atoms with Crippen LogP contribution < -0.4 is 0 Å². The van der Waals surface area contributed by atoms with Gasteiger partial charge in [-0.1, -0.05) is 18.1 Å². The highest BCUT2D eigenvalue weighted by molar-refractivity contribution is 5.43. The van der Waals surface area contributed by atoms with Crippen molar-refractivity contribution in [1.29, 1.82) is 10.5 Å². The van der Waals surface area contributed by atoms with Crippen molar-refractivity contribution in [3.05, 3.63) is 22.8 Å². The number of allylic oxidation sites excluding steroid dienone is 4. The molecule has 1 aliphatic rings. The van der Waals surface area contributed by atoms with E-state index in [1.807, 2.05) is 26.8 Å². The van der Waals surface area contributed by atoms with Crippen molar-refractivity contribution in [2.45, 2.75) is 20.8 Å². The summed E-state index contributed by atoms with van der Waals surface area (Å²) in [7, 11) is 0. The van der Waals surface area contributed by atoms with Crippen molar-refractivity contribution in [1.82, 2.24) is 0 Å². The molecular formula is C11H12N2. The fourth-order valence-electron chi connectivity index (χ4n) is 1.60. The number of nitrogens with zero attached hydrogens (tertiary/aromatic N) is 2. The van der Waals surface area contributed by atoms with E-state index in [-0.39, 0.29) is 11.8 Å². The highest BCUT2D eigenvalue weighted by Crippen LogP contribution is 2.33. The van der Waals surface area contributed by atoms with Crippen molar-refractivity contribution in [3.8, 4) is 12.1 Å². The van der Waals surface area contributed by atoms with E-state index in [2.05, 4.69) is 12.1 Å². The molecule has 0 fully saturated rings. The largest absolute Gasteiger partial charge is 0.198 e. The summed E-state index contributed by atoms with van der Waals surface area (Å²) < 4.78 is 0. The van der Waals surface area contributed by atoms with Crippen LogP contribution in [-0.2, 0) is 0 Å². The van der Waals surface area contributed by atoms with E-state index in [4.69, 9.17) is 10.5 Å². The summed E-state index contributed by atoms with van der Waals surface area (Å²) in [4.78, 5) is 0. The second-order valence-electron chi connectivity index (χ2n) is 3.47. The third-order valence-electron chi connectivity index (χ3n) is 2.78. The zero-order valence-corrected chi connectivity index (χ0v) is 8.13. The Morgan fingerprint density at radius 3 is 2.38 bits per heavy atom. The molecule has 0 N–H and O–H groups in total. The summed E-state index contributed by atoms with van der Waals surface area (Å²) in [5.74, 6) is -0.0849. The van der Waals surface area contributed by atoms with Gasteiger partial charge in [0.15, 0.2) is 0 Å². The van der Waals surface area contributed by atoms with E-state index in [0.29, 0.717) is 5.57 Å². The first-order chi connectivity index (χ1) is 6.11. The minimum Gasteiger partial charge on any atom is -0.198 e. The smallest absolute Gasteiger partial charge is 0.0961 e. The molecule has 1 aliphatic carbocycles. The van der Waals surface area contributed by atoms with Crippen LogP contribution in [0.25, 0.3) is 0 Å². The fraction of sp³-hybridized carbons (Fsp3) is 0.455. The van der Waals surface area contributed by atoms with Crippen molar-refractivity contribution < 1.29 is 0 Å². The minimum absolute atomic E-state index is 0.171. The van der Waals surface area contributed by atoms with Crippen molar-refractivity contribution in [3.63, 3.8) is 0 Å². The van der Waals surface area contributed by atoms with Crippen molar-refractivity contribution in [2.75, 3.05) is 0 Å². The zero-order chi connectivity index (χ0) is 10.0. The monoisotopic (exact) mass is 172 g/mol. The van der Waals surface area contributed by atoms with Crippen LogP contribution in [0.1, 0.15) is 20.8 Å².